The minimum absolute atomic E-state index is 0.0398. The van der Waals surface area contributed by atoms with Crippen LogP contribution >= 0.6 is 11.6 Å². The quantitative estimate of drug-likeness (QED) is 0.870. The molecule has 1 atom stereocenters. The third-order valence-corrected chi connectivity index (χ3v) is 5.13. The lowest BCUT2D eigenvalue weighted by Crippen LogP contribution is -2.14. The lowest BCUT2D eigenvalue weighted by molar-refractivity contribution is 0.583. The van der Waals surface area contributed by atoms with Gasteiger partial charge in [0.15, 0.2) is 9.84 Å². The van der Waals surface area contributed by atoms with E-state index < -0.39 is 15.1 Å². The zero-order valence-corrected chi connectivity index (χ0v) is 11.9. The normalized spacial score (nSPS) is 13.2. The molecule has 1 heterocycles. The standard InChI is InChI=1S/C13H13ClN2O2S/c1-10(13-8-15-6-7-16-13)19(17,18)9-11-2-4-12(14)5-3-11/h2-8,10H,9H2,1H3/t10-/m1/s1. The number of aromatic nitrogens is 2. The number of halogens is 1. The average molecular weight is 297 g/mol. The second-order valence-corrected chi connectivity index (χ2v) is 6.96. The summed E-state index contributed by atoms with van der Waals surface area (Å²) in [7, 11) is -3.32. The smallest absolute Gasteiger partial charge is 0.162 e. The zero-order chi connectivity index (χ0) is 13.9. The van der Waals surface area contributed by atoms with Crippen molar-refractivity contribution in [2.24, 2.45) is 0 Å². The summed E-state index contributed by atoms with van der Waals surface area (Å²) in [5, 5.41) is -0.0972. The van der Waals surface area contributed by atoms with Crippen LogP contribution in [-0.4, -0.2) is 18.4 Å². The number of benzene rings is 1. The Labute approximate surface area is 117 Å². The Morgan fingerprint density at radius 3 is 2.47 bits per heavy atom. The molecule has 0 fully saturated rings. The first-order valence-corrected chi connectivity index (χ1v) is 7.80. The molecule has 2 aromatic rings. The van der Waals surface area contributed by atoms with Crippen molar-refractivity contribution < 1.29 is 8.42 Å². The molecule has 100 valence electrons. The van der Waals surface area contributed by atoms with Crippen LogP contribution in [0.15, 0.2) is 42.9 Å². The second-order valence-electron chi connectivity index (χ2n) is 4.21. The minimum atomic E-state index is -3.32. The third kappa shape index (κ3) is 3.52. The lowest BCUT2D eigenvalue weighted by atomic mass is 10.2. The number of hydrogen-bond acceptors (Lipinski definition) is 4. The highest BCUT2D eigenvalue weighted by Crippen LogP contribution is 2.23. The number of sulfone groups is 1. The van der Waals surface area contributed by atoms with E-state index in [-0.39, 0.29) is 5.75 Å². The second kappa shape index (κ2) is 5.67. The van der Waals surface area contributed by atoms with Gasteiger partial charge in [-0.2, -0.15) is 0 Å². The fourth-order valence-electron chi connectivity index (χ4n) is 1.64. The highest BCUT2D eigenvalue weighted by atomic mass is 35.5. The van der Waals surface area contributed by atoms with Crippen molar-refractivity contribution in [3.63, 3.8) is 0 Å². The van der Waals surface area contributed by atoms with Gasteiger partial charge < -0.3 is 0 Å². The van der Waals surface area contributed by atoms with Gasteiger partial charge in [0.05, 0.1) is 11.4 Å². The molecule has 0 saturated heterocycles. The van der Waals surface area contributed by atoms with Gasteiger partial charge in [-0.15, -0.1) is 0 Å². The van der Waals surface area contributed by atoms with Crippen LogP contribution in [0.2, 0.25) is 5.02 Å². The zero-order valence-electron chi connectivity index (χ0n) is 10.3. The van der Waals surface area contributed by atoms with Crippen LogP contribution in [0, 0.1) is 0 Å². The van der Waals surface area contributed by atoms with Gasteiger partial charge in [0, 0.05) is 23.6 Å². The summed E-state index contributed by atoms with van der Waals surface area (Å²) in [5.74, 6) is -0.0398. The fraction of sp³-hybridized carbons (Fsp3) is 0.231. The summed E-state index contributed by atoms with van der Waals surface area (Å²) < 4.78 is 24.6. The summed E-state index contributed by atoms with van der Waals surface area (Å²) in [6.07, 6.45) is 4.48. The van der Waals surface area contributed by atoms with Gasteiger partial charge >= 0.3 is 0 Å². The Kier molecular flexibility index (Phi) is 4.17. The van der Waals surface area contributed by atoms with E-state index in [2.05, 4.69) is 9.97 Å². The van der Waals surface area contributed by atoms with E-state index in [9.17, 15) is 8.42 Å². The first-order valence-electron chi connectivity index (χ1n) is 5.71. The van der Waals surface area contributed by atoms with Crippen molar-refractivity contribution in [1.82, 2.24) is 9.97 Å². The molecule has 4 nitrogen and oxygen atoms in total. The van der Waals surface area contributed by atoms with Crippen molar-refractivity contribution >= 4 is 21.4 Å². The molecule has 0 saturated carbocycles. The van der Waals surface area contributed by atoms with Gasteiger partial charge in [-0.05, 0) is 24.6 Å². The van der Waals surface area contributed by atoms with Gasteiger partial charge in [0.1, 0.15) is 5.25 Å². The monoisotopic (exact) mass is 296 g/mol. The Bertz CT molecular complexity index is 642. The van der Waals surface area contributed by atoms with Crippen LogP contribution in [-0.2, 0) is 15.6 Å². The molecule has 2 rings (SSSR count). The van der Waals surface area contributed by atoms with Crippen LogP contribution in [0.3, 0.4) is 0 Å². The Morgan fingerprint density at radius 2 is 1.89 bits per heavy atom. The molecule has 0 aliphatic rings. The largest absolute Gasteiger partial charge is 0.261 e. The van der Waals surface area contributed by atoms with Gasteiger partial charge in [-0.3, -0.25) is 9.97 Å². The maximum atomic E-state index is 12.3. The van der Waals surface area contributed by atoms with E-state index in [4.69, 9.17) is 11.6 Å². The van der Waals surface area contributed by atoms with Crippen LogP contribution in [0.5, 0.6) is 0 Å². The molecule has 0 bridgehead atoms. The van der Waals surface area contributed by atoms with E-state index in [1.807, 2.05) is 0 Å². The lowest BCUT2D eigenvalue weighted by Gasteiger charge is -2.12. The molecule has 0 aliphatic heterocycles. The number of hydrogen-bond donors (Lipinski definition) is 0. The summed E-state index contributed by atoms with van der Waals surface area (Å²) >= 11 is 5.77. The van der Waals surface area contributed by atoms with Crippen LogP contribution in [0.25, 0.3) is 0 Å². The molecule has 6 heteroatoms. The first-order chi connectivity index (χ1) is 8.99. The molecule has 0 unspecified atom stereocenters. The highest BCUT2D eigenvalue weighted by Gasteiger charge is 2.24. The summed E-state index contributed by atoms with van der Waals surface area (Å²) in [6, 6.07) is 6.78. The van der Waals surface area contributed by atoms with Crippen LogP contribution < -0.4 is 0 Å². The average Bonchev–Trinajstić information content (AvgIpc) is 2.41. The topological polar surface area (TPSA) is 59.9 Å². The Morgan fingerprint density at radius 1 is 1.21 bits per heavy atom. The molecule has 1 aromatic heterocycles. The predicted octanol–water partition coefficient (Wildman–Crippen LogP) is 2.81. The van der Waals surface area contributed by atoms with Gasteiger partial charge in [0.25, 0.3) is 0 Å². The van der Waals surface area contributed by atoms with Crippen molar-refractivity contribution in [2.75, 3.05) is 0 Å². The van der Waals surface area contributed by atoms with Crippen LogP contribution in [0.4, 0.5) is 0 Å². The van der Waals surface area contributed by atoms with Crippen molar-refractivity contribution in [3.05, 3.63) is 59.1 Å². The van der Waals surface area contributed by atoms with E-state index in [1.54, 1.807) is 31.2 Å². The van der Waals surface area contributed by atoms with E-state index >= 15 is 0 Å². The summed E-state index contributed by atoms with van der Waals surface area (Å²) in [4.78, 5) is 7.93. The maximum Gasteiger partial charge on any atom is 0.162 e. The molecule has 0 spiro atoms. The molecular weight excluding hydrogens is 284 g/mol. The highest BCUT2D eigenvalue weighted by molar-refractivity contribution is 7.90. The Hall–Kier alpha value is -1.46. The van der Waals surface area contributed by atoms with E-state index in [1.165, 1.54) is 18.6 Å². The maximum absolute atomic E-state index is 12.3. The third-order valence-electron chi connectivity index (χ3n) is 2.82. The van der Waals surface area contributed by atoms with E-state index in [0.29, 0.717) is 16.3 Å². The fourth-order valence-corrected chi connectivity index (χ4v) is 3.17. The van der Waals surface area contributed by atoms with Crippen molar-refractivity contribution in [1.29, 1.82) is 0 Å². The molecule has 19 heavy (non-hydrogen) atoms. The van der Waals surface area contributed by atoms with Crippen LogP contribution in [0.1, 0.15) is 23.4 Å². The van der Waals surface area contributed by atoms with E-state index in [0.717, 1.165) is 0 Å². The molecule has 0 aliphatic carbocycles. The Balaban J connectivity index is 2.21. The SMILES string of the molecule is C[C@H](c1cnccn1)S(=O)(=O)Cc1ccc(Cl)cc1. The molecule has 0 N–H and O–H groups in total. The summed E-state index contributed by atoms with van der Waals surface area (Å²) in [5.41, 5.74) is 1.16. The molecule has 0 radical (unpaired) electrons. The molecule has 1 aromatic carbocycles. The summed E-state index contributed by atoms with van der Waals surface area (Å²) in [6.45, 7) is 1.62. The molecule has 0 amide bonds. The molecular formula is C13H13ClN2O2S. The van der Waals surface area contributed by atoms with Gasteiger partial charge in [-0.25, -0.2) is 8.42 Å². The van der Waals surface area contributed by atoms with Gasteiger partial charge in [0.2, 0.25) is 0 Å². The number of nitrogens with zero attached hydrogens (tertiary/aromatic N) is 2. The predicted molar refractivity (Wildman–Crippen MR) is 74.5 cm³/mol. The van der Waals surface area contributed by atoms with Crippen molar-refractivity contribution in [2.45, 2.75) is 17.9 Å². The van der Waals surface area contributed by atoms with Crippen molar-refractivity contribution in [3.8, 4) is 0 Å². The van der Waals surface area contributed by atoms with Gasteiger partial charge in [-0.1, -0.05) is 23.7 Å². The minimum Gasteiger partial charge on any atom is -0.261 e. The first kappa shape index (κ1) is 14.0. The number of rotatable bonds is 4.